The first-order chi connectivity index (χ1) is 13.7. The molecule has 2 aliphatic rings. The summed E-state index contributed by atoms with van der Waals surface area (Å²) in [4.78, 5) is 4.04. The van der Waals surface area contributed by atoms with Crippen LogP contribution in [0.2, 0.25) is 0 Å². The molecular weight excluding hydrogens is 391 g/mol. The Balaban J connectivity index is 1.78. The molecule has 1 aromatic carbocycles. The van der Waals surface area contributed by atoms with E-state index in [4.69, 9.17) is 10.7 Å². The van der Waals surface area contributed by atoms with Crippen LogP contribution in [0.5, 0.6) is 0 Å². The average molecular weight is 412 g/mol. The maximum absolute atomic E-state index is 14.8. The highest BCUT2D eigenvalue weighted by Gasteiger charge is 2.57. The zero-order chi connectivity index (χ0) is 20.9. The van der Waals surface area contributed by atoms with Crippen molar-refractivity contribution in [3.63, 3.8) is 0 Å². The second kappa shape index (κ2) is 6.63. The molecule has 1 spiro atoms. The molecule has 0 unspecified atom stereocenters. The molecule has 0 radical (unpaired) electrons. The van der Waals surface area contributed by atoms with Crippen LogP contribution in [0.15, 0.2) is 36.7 Å². The Bertz CT molecular complexity index is 1150. The summed E-state index contributed by atoms with van der Waals surface area (Å²) in [7, 11) is -3.64. The summed E-state index contributed by atoms with van der Waals surface area (Å²) >= 11 is 0. The van der Waals surface area contributed by atoms with E-state index in [0.717, 1.165) is 12.8 Å². The summed E-state index contributed by atoms with van der Waals surface area (Å²) < 4.78 is 40.1. The molecule has 0 bridgehead atoms. The van der Waals surface area contributed by atoms with Crippen molar-refractivity contribution in [1.82, 2.24) is 10.3 Å². The lowest BCUT2D eigenvalue weighted by Crippen LogP contribution is -2.65. The number of benzene rings is 1. The number of aromatic nitrogens is 1. The van der Waals surface area contributed by atoms with Crippen LogP contribution in [0.25, 0.3) is 11.1 Å². The van der Waals surface area contributed by atoms with Crippen LogP contribution < -0.4 is 5.32 Å². The van der Waals surface area contributed by atoms with Gasteiger partial charge in [-0.25, -0.2) is 12.8 Å². The topological polar surface area (TPSA) is 107 Å². The van der Waals surface area contributed by atoms with Crippen LogP contribution in [-0.2, 0) is 15.4 Å². The van der Waals surface area contributed by atoms with E-state index >= 15 is 0 Å². The largest absolute Gasteiger partial charge is 0.362 e. The van der Waals surface area contributed by atoms with Gasteiger partial charge in [-0.3, -0.25) is 10.4 Å². The highest BCUT2D eigenvalue weighted by Crippen LogP contribution is 2.44. The van der Waals surface area contributed by atoms with Gasteiger partial charge in [-0.15, -0.1) is 0 Å². The molecule has 2 N–H and O–H groups in total. The van der Waals surface area contributed by atoms with Crippen LogP contribution in [0.3, 0.4) is 0 Å². The average Bonchev–Trinajstić information content (AvgIpc) is 3.19. The third-order valence-corrected chi connectivity index (χ3v) is 8.86. The standard InChI is InChI=1S/C21H21FN4O2S/c1-20(13-29(27,28)21(19(24)26-20)6-2-3-7-21)17-9-15(4-5-18(17)22)16-8-14(10-23)11-25-12-16/h4-5,8-9,11-12H,2-3,6-7,13H2,1H3,(H2,24,26)/t20-/m0/s1. The van der Waals surface area contributed by atoms with Crippen molar-refractivity contribution in [2.45, 2.75) is 42.9 Å². The Kier molecular flexibility index (Phi) is 4.46. The number of sulfone groups is 1. The van der Waals surface area contributed by atoms with Crippen molar-refractivity contribution < 1.29 is 12.8 Å². The zero-order valence-electron chi connectivity index (χ0n) is 16.0. The maximum atomic E-state index is 14.8. The Morgan fingerprint density at radius 2 is 1.93 bits per heavy atom. The number of nitriles is 1. The van der Waals surface area contributed by atoms with E-state index in [-0.39, 0.29) is 17.2 Å². The van der Waals surface area contributed by atoms with Crippen LogP contribution in [0, 0.1) is 22.6 Å². The predicted molar refractivity (Wildman–Crippen MR) is 108 cm³/mol. The summed E-state index contributed by atoms with van der Waals surface area (Å²) in [5, 5.41) is 20.6. The highest BCUT2D eigenvalue weighted by atomic mass is 32.2. The molecule has 1 aliphatic carbocycles. The molecule has 1 atom stereocenters. The Labute approximate surface area is 169 Å². The van der Waals surface area contributed by atoms with Crippen LogP contribution in [0.1, 0.15) is 43.7 Å². The molecule has 29 heavy (non-hydrogen) atoms. The molecule has 8 heteroatoms. The van der Waals surface area contributed by atoms with Gasteiger partial charge in [0.2, 0.25) is 0 Å². The number of hydrogen-bond donors (Lipinski definition) is 2. The van der Waals surface area contributed by atoms with Crippen LogP contribution >= 0.6 is 0 Å². The SMILES string of the molecule is C[C@@]1(c2cc(-c3cncc(C#N)c3)ccc2F)CS(=O)(=O)C2(CCCC2)C(=N)N1. The second-order valence-corrected chi connectivity index (χ2v) is 10.4. The van der Waals surface area contributed by atoms with Crippen molar-refractivity contribution in [2.75, 3.05) is 5.75 Å². The molecule has 150 valence electrons. The summed E-state index contributed by atoms with van der Waals surface area (Å²) in [5.74, 6) is -0.862. The van der Waals surface area contributed by atoms with E-state index in [9.17, 15) is 12.8 Å². The fraction of sp³-hybridized carbons (Fsp3) is 0.381. The molecule has 6 nitrogen and oxygen atoms in total. The molecule has 1 saturated carbocycles. The van der Waals surface area contributed by atoms with Crippen LogP contribution in [-0.4, -0.2) is 29.7 Å². The van der Waals surface area contributed by atoms with Gasteiger partial charge in [0.05, 0.1) is 16.9 Å². The molecule has 0 amide bonds. The monoisotopic (exact) mass is 412 g/mol. The fourth-order valence-electron chi connectivity index (χ4n) is 4.54. The minimum atomic E-state index is -3.64. The predicted octanol–water partition coefficient (Wildman–Crippen LogP) is 3.28. The molecule has 2 fully saturated rings. The number of pyridine rings is 1. The van der Waals surface area contributed by atoms with Gasteiger partial charge in [-0.1, -0.05) is 18.9 Å². The van der Waals surface area contributed by atoms with E-state index in [1.807, 2.05) is 6.07 Å². The number of hydrogen-bond acceptors (Lipinski definition) is 5. The lowest BCUT2D eigenvalue weighted by Gasteiger charge is -2.44. The van der Waals surface area contributed by atoms with Gasteiger partial charge in [-0.2, -0.15) is 5.26 Å². The smallest absolute Gasteiger partial charge is 0.165 e. The fourth-order valence-corrected chi connectivity index (χ4v) is 7.08. The quantitative estimate of drug-likeness (QED) is 0.787. The van der Waals surface area contributed by atoms with Crippen LogP contribution in [0.4, 0.5) is 4.39 Å². The normalized spacial score (nSPS) is 24.8. The third-order valence-electron chi connectivity index (χ3n) is 6.10. The summed E-state index contributed by atoms with van der Waals surface area (Å²) in [5.41, 5.74) is 0.555. The molecule has 1 aromatic heterocycles. The first-order valence-corrected chi connectivity index (χ1v) is 11.1. The minimum Gasteiger partial charge on any atom is -0.362 e. The van der Waals surface area contributed by atoms with Gasteiger partial charge in [-0.05, 0) is 43.5 Å². The van der Waals surface area contributed by atoms with Crippen molar-refractivity contribution in [1.29, 1.82) is 10.7 Å². The number of rotatable bonds is 2. The Morgan fingerprint density at radius 3 is 2.59 bits per heavy atom. The van der Waals surface area contributed by atoms with E-state index in [0.29, 0.717) is 29.5 Å². The second-order valence-electron chi connectivity index (χ2n) is 8.06. The van der Waals surface area contributed by atoms with Gasteiger partial charge in [0.15, 0.2) is 9.84 Å². The minimum absolute atomic E-state index is 0.0401. The van der Waals surface area contributed by atoms with Gasteiger partial charge in [0.1, 0.15) is 22.5 Å². The lowest BCUT2D eigenvalue weighted by molar-refractivity contribution is 0.415. The summed E-state index contributed by atoms with van der Waals surface area (Å²) in [6, 6.07) is 8.10. The maximum Gasteiger partial charge on any atom is 0.165 e. The van der Waals surface area contributed by atoms with Crippen molar-refractivity contribution >= 4 is 15.7 Å². The molecule has 1 saturated heterocycles. The van der Waals surface area contributed by atoms with Crippen molar-refractivity contribution in [3.05, 3.63) is 53.6 Å². The van der Waals surface area contributed by atoms with Gasteiger partial charge in [0, 0.05) is 23.5 Å². The first-order valence-electron chi connectivity index (χ1n) is 9.46. The van der Waals surface area contributed by atoms with E-state index in [1.165, 1.54) is 12.3 Å². The van der Waals surface area contributed by atoms with E-state index in [2.05, 4.69) is 10.3 Å². The molecule has 2 aromatic rings. The molecule has 2 heterocycles. The number of nitrogens with zero attached hydrogens (tertiary/aromatic N) is 2. The highest BCUT2D eigenvalue weighted by molar-refractivity contribution is 7.93. The van der Waals surface area contributed by atoms with Gasteiger partial charge < -0.3 is 5.32 Å². The van der Waals surface area contributed by atoms with E-state index in [1.54, 1.807) is 31.3 Å². The number of amidine groups is 1. The van der Waals surface area contributed by atoms with Crippen molar-refractivity contribution in [3.8, 4) is 17.2 Å². The zero-order valence-corrected chi connectivity index (χ0v) is 16.8. The number of nitrogens with one attached hydrogen (secondary N) is 2. The Hall–Kier alpha value is -2.79. The summed E-state index contributed by atoms with van der Waals surface area (Å²) in [6.45, 7) is 1.62. The third kappa shape index (κ3) is 3.01. The molecular formula is C21H21FN4O2S. The van der Waals surface area contributed by atoms with E-state index < -0.39 is 25.9 Å². The lowest BCUT2D eigenvalue weighted by atomic mass is 9.89. The summed E-state index contributed by atoms with van der Waals surface area (Å²) in [6.07, 6.45) is 5.42. The molecule has 1 aliphatic heterocycles. The van der Waals surface area contributed by atoms with Gasteiger partial charge in [0.25, 0.3) is 0 Å². The van der Waals surface area contributed by atoms with Crippen molar-refractivity contribution in [2.24, 2.45) is 0 Å². The molecule has 4 rings (SSSR count). The Morgan fingerprint density at radius 1 is 1.21 bits per heavy atom. The first kappa shape index (κ1) is 19.5. The number of halogens is 1. The van der Waals surface area contributed by atoms with Gasteiger partial charge >= 0.3 is 0 Å².